The SMILES string of the molecule is CC[C@H](C)NC(=O)[C@H](CC)N(Cc1ccc(Cl)c(Cl)c1)C(=O)CN(c1ccccc1Cl)S(=O)(=O)c1ccccc1. The molecule has 2 amide bonds. The molecule has 2 atom stereocenters. The van der Waals surface area contributed by atoms with Crippen molar-refractivity contribution in [2.45, 2.75) is 57.1 Å². The van der Waals surface area contributed by atoms with Crippen LogP contribution < -0.4 is 9.62 Å². The van der Waals surface area contributed by atoms with Gasteiger partial charge >= 0.3 is 0 Å². The van der Waals surface area contributed by atoms with Crippen molar-refractivity contribution in [3.63, 3.8) is 0 Å². The minimum Gasteiger partial charge on any atom is -0.352 e. The fraction of sp³-hybridized carbons (Fsp3) is 0.310. The van der Waals surface area contributed by atoms with Crippen LogP contribution in [-0.2, 0) is 26.2 Å². The molecule has 1 N–H and O–H groups in total. The molecule has 3 rings (SSSR count). The van der Waals surface area contributed by atoms with Crippen molar-refractivity contribution in [3.8, 4) is 0 Å². The Kier molecular flexibility index (Phi) is 11.3. The molecule has 40 heavy (non-hydrogen) atoms. The van der Waals surface area contributed by atoms with Crippen LogP contribution in [0.3, 0.4) is 0 Å². The maximum Gasteiger partial charge on any atom is 0.264 e. The number of carbonyl (C=O) groups is 2. The molecule has 7 nitrogen and oxygen atoms in total. The van der Waals surface area contributed by atoms with E-state index in [0.717, 1.165) is 4.31 Å². The van der Waals surface area contributed by atoms with Crippen LogP contribution in [0.15, 0.2) is 77.7 Å². The van der Waals surface area contributed by atoms with Gasteiger partial charge in [-0.25, -0.2) is 8.42 Å². The summed E-state index contributed by atoms with van der Waals surface area (Å²) in [6, 6.07) is 18.2. The average molecular weight is 625 g/mol. The van der Waals surface area contributed by atoms with E-state index in [1.807, 2.05) is 13.8 Å². The van der Waals surface area contributed by atoms with E-state index in [9.17, 15) is 18.0 Å². The summed E-state index contributed by atoms with van der Waals surface area (Å²) < 4.78 is 28.6. The highest BCUT2D eigenvalue weighted by Crippen LogP contribution is 2.31. The molecule has 0 aliphatic carbocycles. The number of rotatable bonds is 12. The number of benzene rings is 3. The van der Waals surface area contributed by atoms with E-state index in [1.165, 1.54) is 23.1 Å². The normalized spacial score (nSPS) is 12.8. The standard InChI is InChI=1S/C29H32Cl3N3O4S/c1-4-20(3)33-29(37)26(5-2)34(18-21-15-16-23(30)25(32)17-21)28(36)19-35(27-14-10-9-13-24(27)31)40(38,39)22-11-7-6-8-12-22/h6-17,20,26H,4-5,18-19H2,1-3H3,(H,33,37)/t20-,26-/m0/s1. The highest BCUT2D eigenvalue weighted by atomic mass is 35.5. The monoisotopic (exact) mass is 623 g/mol. The number of halogens is 3. The van der Waals surface area contributed by atoms with E-state index in [0.29, 0.717) is 28.5 Å². The molecule has 3 aromatic carbocycles. The molecule has 11 heteroatoms. The van der Waals surface area contributed by atoms with E-state index in [4.69, 9.17) is 34.8 Å². The van der Waals surface area contributed by atoms with Gasteiger partial charge in [0.2, 0.25) is 11.8 Å². The lowest BCUT2D eigenvalue weighted by atomic mass is 10.1. The molecule has 3 aromatic rings. The van der Waals surface area contributed by atoms with Crippen LogP contribution in [0.5, 0.6) is 0 Å². The third-order valence-electron chi connectivity index (χ3n) is 6.46. The number of hydrogen-bond donors (Lipinski definition) is 1. The fourth-order valence-corrected chi connectivity index (χ4v) is 6.14. The molecule has 0 radical (unpaired) electrons. The van der Waals surface area contributed by atoms with Gasteiger partial charge in [-0.3, -0.25) is 13.9 Å². The van der Waals surface area contributed by atoms with Crippen LogP contribution in [0.4, 0.5) is 5.69 Å². The Morgan fingerprint density at radius 3 is 2.10 bits per heavy atom. The van der Waals surface area contributed by atoms with Gasteiger partial charge in [0.05, 0.1) is 25.7 Å². The first-order chi connectivity index (χ1) is 19.0. The summed E-state index contributed by atoms with van der Waals surface area (Å²) in [7, 11) is -4.20. The predicted octanol–water partition coefficient (Wildman–Crippen LogP) is 6.56. The van der Waals surface area contributed by atoms with Crippen LogP contribution in [0.25, 0.3) is 0 Å². The molecule has 214 valence electrons. The zero-order chi connectivity index (χ0) is 29.4. The Labute approximate surface area is 251 Å². The zero-order valence-corrected chi connectivity index (χ0v) is 25.6. The number of para-hydroxylation sites is 1. The number of nitrogens with zero attached hydrogens (tertiary/aromatic N) is 2. The summed E-state index contributed by atoms with van der Waals surface area (Å²) in [5.74, 6) is -0.919. The second kappa shape index (κ2) is 14.2. The number of amides is 2. The minimum atomic E-state index is -4.20. The number of sulfonamides is 1. The number of hydrogen-bond acceptors (Lipinski definition) is 4. The average Bonchev–Trinajstić information content (AvgIpc) is 2.94. The summed E-state index contributed by atoms with van der Waals surface area (Å²) in [6.45, 7) is 5.03. The molecule has 0 bridgehead atoms. The first kappa shape index (κ1) is 31.7. The summed E-state index contributed by atoms with van der Waals surface area (Å²) in [5, 5.41) is 3.75. The number of carbonyl (C=O) groups excluding carboxylic acids is 2. The topological polar surface area (TPSA) is 86.8 Å². The van der Waals surface area contributed by atoms with Crippen LogP contribution in [-0.4, -0.2) is 43.8 Å². The number of anilines is 1. The Bertz CT molecular complexity index is 1440. The zero-order valence-electron chi connectivity index (χ0n) is 22.5. The molecule has 0 aliphatic rings. The smallest absolute Gasteiger partial charge is 0.264 e. The van der Waals surface area contributed by atoms with Crippen LogP contribution in [0.2, 0.25) is 15.1 Å². The van der Waals surface area contributed by atoms with Gasteiger partial charge in [-0.15, -0.1) is 0 Å². The van der Waals surface area contributed by atoms with Crippen molar-refractivity contribution >= 4 is 62.3 Å². The van der Waals surface area contributed by atoms with Crippen molar-refractivity contribution in [1.29, 1.82) is 0 Å². The Hall–Kier alpha value is -2.78. The highest BCUT2D eigenvalue weighted by Gasteiger charge is 2.34. The molecule has 0 unspecified atom stereocenters. The van der Waals surface area contributed by atoms with Gasteiger partial charge < -0.3 is 10.2 Å². The Morgan fingerprint density at radius 1 is 0.850 bits per heavy atom. The molecule has 0 heterocycles. The minimum absolute atomic E-state index is 0.000285. The van der Waals surface area contributed by atoms with Crippen LogP contribution >= 0.6 is 34.8 Å². The summed E-state index contributed by atoms with van der Waals surface area (Å²) in [6.07, 6.45) is 1.01. The maximum atomic E-state index is 14.1. The van der Waals surface area contributed by atoms with Gasteiger partial charge in [0, 0.05) is 12.6 Å². The van der Waals surface area contributed by atoms with Crippen molar-refractivity contribution < 1.29 is 18.0 Å². The van der Waals surface area contributed by atoms with Crippen LogP contribution in [0, 0.1) is 0 Å². The number of nitrogens with one attached hydrogen (secondary N) is 1. The van der Waals surface area contributed by atoms with Gasteiger partial charge in [-0.2, -0.15) is 0 Å². The van der Waals surface area contributed by atoms with Gasteiger partial charge in [-0.1, -0.05) is 85.0 Å². The second-order valence-corrected chi connectivity index (χ2v) is 12.4. The van der Waals surface area contributed by atoms with Gasteiger partial charge in [0.15, 0.2) is 0 Å². The second-order valence-electron chi connectivity index (χ2n) is 9.29. The molecule has 0 saturated heterocycles. The molecular formula is C29H32Cl3N3O4S. The van der Waals surface area contributed by atoms with Crippen molar-refractivity contribution in [2.24, 2.45) is 0 Å². The molecule has 0 aromatic heterocycles. The van der Waals surface area contributed by atoms with Gasteiger partial charge in [0.1, 0.15) is 12.6 Å². The third-order valence-corrected chi connectivity index (χ3v) is 9.29. The van der Waals surface area contributed by atoms with Crippen LogP contribution in [0.1, 0.15) is 39.2 Å². The first-order valence-corrected chi connectivity index (χ1v) is 15.4. The third kappa shape index (κ3) is 7.69. The van der Waals surface area contributed by atoms with Gasteiger partial charge in [-0.05, 0) is 61.7 Å². The first-order valence-electron chi connectivity index (χ1n) is 12.9. The predicted molar refractivity (Wildman–Crippen MR) is 161 cm³/mol. The maximum absolute atomic E-state index is 14.1. The van der Waals surface area contributed by atoms with E-state index in [2.05, 4.69) is 5.32 Å². The molecule has 0 fully saturated rings. The van der Waals surface area contributed by atoms with Gasteiger partial charge in [0.25, 0.3) is 10.0 Å². The Balaban J connectivity index is 2.07. The van der Waals surface area contributed by atoms with E-state index >= 15 is 0 Å². The lowest BCUT2D eigenvalue weighted by Gasteiger charge is -2.34. The lowest BCUT2D eigenvalue weighted by molar-refractivity contribution is -0.140. The molecule has 0 spiro atoms. The van der Waals surface area contributed by atoms with E-state index < -0.39 is 28.5 Å². The molecule has 0 aliphatic heterocycles. The van der Waals surface area contributed by atoms with E-state index in [1.54, 1.807) is 61.5 Å². The summed E-state index contributed by atoms with van der Waals surface area (Å²) in [5.41, 5.74) is 0.778. The van der Waals surface area contributed by atoms with Crippen molar-refractivity contribution in [2.75, 3.05) is 10.8 Å². The van der Waals surface area contributed by atoms with Crippen molar-refractivity contribution in [3.05, 3.63) is 93.4 Å². The summed E-state index contributed by atoms with van der Waals surface area (Å²) >= 11 is 18.8. The Morgan fingerprint density at radius 2 is 1.50 bits per heavy atom. The quantitative estimate of drug-likeness (QED) is 0.247. The molecule has 0 saturated carbocycles. The van der Waals surface area contributed by atoms with Crippen molar-refractivity contribution in [1.82, 2.24) is 10.2 Å². The van der Waals surface area contributed by atoms with E-state index in [-0.39, 0.29) is 34.1 Å². The fourth-order valence-electron chi connectivity index (χ4n) is 4.08. The lowest BCUT2D eigenvalue weighted by Crippen LogP contribution is -2.53. The molecular weight excluding hydrogens is 593 g/mol. The summed E-state index contributed by atoms with van der Waals surface area (Å²) in [4.78, 5) is 28.8. The largest absolute Gasteiger partial charge is 0.352 e. The highest BCUT2D eigenvalue weighted by molar-refractivity contribution is 7.92.